The molecule has 3 heterocycles. The van der Waals surface area contributed by atoms with Gasteiger partial charge < -0.3 is 10.6 Å². The average molecular weight is 461 g/mol. The molecule has 32 heavy (non-hydrogen) atoms. The molecular formula is C25H34ClFN4O. The molecule has 0 aliphatic carbocycles. The van der Waals surface area contributed by atoms with Crippen molar-refractivity contribution in [2.24, 2.45) is 11.8 Å². The van der Waals surface area contributed by atoms with Crippen molar-refractivity contribution in [3.63, 3.8) is 0 Å². The van der Waals surface area contributed by atoms with Crippen LogP contribution in [-0.2, 0) is 17.8 Å². The molecule has 2 N–H and O–H groups in total. The van der Waals surface area contributed by atoms with Crippen LogP contribution in [0.3, 0.4) is 0 Å². The van der Waals surface area contributed by atoms with Crippen LogP contribution in [0.25, 0.3) is 0 Å². The van der Waals surface area contributed by atoms with E-state index in [2.05, 4.69) is 26.6 Å². The van der Waals surface area contributed by atoms with Crippen LogP contribution >= 0.6 is 12.4 Å². The Hall–Kier alpha value is -2.02. The van der Waals surface area contributed by atoms with Gasteiger partial charge >= 0.3 is 0 Å². The van der Waals surface area contributed by atoms with E-state index in [0.717, 1.165) is 56.9 Å². The van der Waals surface area contributed by atoms with Crippen LogP contribution in [0.2, 0.25) is 0 Å². The highest BCUT2D eigenvalue weighted by molar-refractivity contribution is 5.85. The maximum atomic E-state index is 12.9. The number of nitrogens with one attached hydrogen (secondary N) is 2. The van der Waals surface area contributed by atoms with Gasteiger partial charge in [0.1, 0.15) is 5.82 Å². The van der Waals surface area contributed by atoms with E-state index in [1.807, 2.05) is 18.5 Å². The number of aromatic nitrogens is 1. The third-order valence-corrected chi connectivity index (χ3v) is 6.58. The summed E-state index contributed by atoms with van der Waals surface area (Å²) in [7, 11) is 0. The first-order valence-corrected chi connectivity index (χ1v) is 11.5. The van der Waals surface area contributed by atoms with E-state index in [1.165, 1.54) is 24.1 Å². The first-order valence-electron chi connectivity index (χ1n) is 11.5. The average Bonchev–Trinajstić information content (AvgIpc) is 2.77. The molecule has 7 heteroatoms. The summed E-state index contributed by atoms with van der Waals surface area (Å²) in [6.45, 7) is 4.92. The number of fused-ring (bicyclic) bond motifs is 2. The van der Waals surface area contributed by atoms with Gasteiger partial charge in [-0.25, -0.2) is 4.39 Å². The minimum absolute atomic E-state index is 0. The van der Waals surface area contributed by atoms with Gasteiger partial charge in [0.2, 0.25) is 5.91 Å². The normalized spacial score (nSPS) is 22.7. The zero-order valence-corrected chi connectivity index (χ0v) is 19.3. The van der Waals surface area contributed by atoms with E-state index < -0.39 is 0 Å². The highest BCUT2D eigenvalue weighted by atomic mass is 35.5. The molecule has 2 fully saturated rings. The molecule has 174 valence electrons. The van der Waals surface area contributed by atoms with Crippen molar-refractivity contribution in [1.82, 2.24) is 20.5 Å². The third kappa shape index (κ3) is 7.26. The number of halogens is 2. The summed E-state index contributed by atoms with van der Waals surface area (Å²) in [6.07, 6.45) is 8.34. The fraction of sp³-hybridized carbons (Fsp3) is 0.520. The van der Waals surface area contributed by atoms with Gasteiger partial charge in [0, 0.05) is 51.0 Å². The number of likely N-dealkylation sites (tertiary alicyclic amines) is 1. The number of carbonyl (C=O) groups is 1. The minimum atomic E-state index is -0.228. The van der Waals surface area contributed by atoms with E-state index >= 15 is 0 Å². The molecule has 4 rings (SSSR count). The van der Waals surface area contributed by atoms with E-state index in [-0.39, 0.29) is 24.1 Å². The number of nitrogens with zero attached hydrogens (tertiary/aromatic N) is 2. The molecule has 2 aliphatic rings. The van der Waals surface area contributed by atoms with Crippen molar-refractivity contribution in [3.05, 3.63) is 65.7 Å². The van der Waals surface area contributed by atoms with E-state index in [4.69, 9.17) is 0 Å². The summed E-state index contributed by atoms with van der Waals surface area (Å²) >= 11 is 0. The monoisotopic (exact) mass is 460 g/mol. The first kappa shape index (κ1) is 24.6. The Labute approximate surface area is 196 Å². The van der Waals surface area contributed by atoms with Gasteiger partial charge in [-0.3, -0.25) is 14.7 Å². The van der Waals surface area contributed by atoms with Gasteiger partial charge in [0.05, 0.1) is 0 Å². The van der Waals surface area contributed by atoms with E-state index in [9.17, 15) is 9.18 Å². The predicted molar refractivity (Wildman–Crippen MR) is 127 cm³/mol. The Morgan fingerprint density at radius 1 is 1.19 bits per heavy atom. The van der Waals surface area contributed by atoms with Crippen molar-refractivity contribution in [3.8, 4) is 0 Å². The number of benzene rings is 1. The van der Waals surface area contributed by atoms with Crippen LogP contribution < -0.4 is 10.6 Å². The van der Waals surface area contributed by atoms with Gasteiger partial charge in [0.15, 0.2) is 0 Å². The van der Waals surface area contributed by atoms with Crippen LogP contribution in [0.1, 0.15) is 36.8 Å². The maximum absolute atomic E-state index is 12.9. The van der Waals surface area contributed by atoms with Gasteiger partial charge in [-0.1, -0.05) is 18.2 Å². The number of hydrogen-bond acceptors (Lipinski definition) is 4. The van der Waals surface area contributed by atoms with Crippen molar-refractivity contribution >= 4 is 18.3 Å². The number of amides is 1. The van der Waals surface area contributed by atoms with Crippen LogP contribution in [0.15, 0.2) is 48.8 Å². The molecule has 0 spiro atoms. The molecule has 1 amide bonds. The topological polar surface area (TPSA) is 57.3 Å². The van der Waals surface area contributed by atoms with Crippen molar-refractivity contribution in [2.75, 3.05) is 26.2 Å². The summed E-state index contributed by atoms with van der Waals surface area (Å²) in [5.74, 6) is 1.26. The lowest BCUT2D eigenvalue weighted by molar-refractivity contribution is -0.121. The summed E-state index contributed by atoms with van der Waals surface area (Å²) in [5.41, 5.74) is 2.32. The van der Waals surface area contributed by atoms with Gasteiger partial charge in [-0.05, 0) is 73.4 Å². The van der Waals surface area contributed by atoms with Gasteiger partial charge in [-0.2, -0.15) is 0 Å². The highest BCUT2D eigenvalue weighted by Crippen LogP contribution is 2.31. The standard InChI is InChI=1S/C25H33FN4O.ClH/c26-23-8-6-19(7-9-23)10-12-28-25(31)5-1-4-24-22-13-21(15-29-24)17-30(18-22)16-20-3-2-11-27-14-20;/h2-3,6-9,11,14,21-22,24,29H,1,4-5,10,12-13,15-18H2,(H,28,31);1H/t21?,22?,24-;/m1./s1. The largest absolute Gasteiger partial charge is 0.356 e. The number of carbonyl (C=O) groups excluding carboxylic acids is 1. The molecule has 2 saturated heterocycles. The summed E-state index contributed by atoms with van der Waals surface area (Å²) in [5, 5.41) is 6.74. The summed E-state index contributed by atoms with van der Waals surface area (Å²) in [6, 6.07) is 11.1. The van der Waals surface area contributed by atoms with Gasteiger partial charge in [-0.15, -0.1) is 12.4 Å². The fourth-order valence-corrected chi connectivity index (χ4v) is 5.06. The van der Waals surface area contributed by atoms with E-state index in [0.29, 0.717) is 24.9 Å². The smallest absolute Gasteiger partial charge is 0.220 e. The molecule has 2 bridgehead atoms. The number of pyridine rings is 1. The SMILES string of the molecule is Cl.O=C(CCC[C@H]1NCC2CC1CN(Cc1cccnc1)C2)NCCc1ccc(F)cc1. The molecule has 2 aromatic rings. The minimum Gasteiger partial charge on any atom is -0.356 e. The number of hydrogen-bond donors (Lipinski definition) is 2. The molecule has 3 atom stereocenters. The van der Waals surface area contributed by atoms with E-state index in [1.54, 1.807) is 12.1 Å². The van der Waals surface area contributed by atoms with Crippen LogP contribution in [0.5, 0.6) is 0 Å². The van der Waals surface area contributed by atoms with Crippen LogP contribution in [0.4, 0.5) is 4.39 Å². The number of piperidine rings is 2. The summed E-state index contributed by atoms with van der Waals surface area (Å²) in [4.78, 5) is 19.0. The van der Waals surface area contributed by atoms with Crippen molar-refractivity contribution in [1.29, 1.82) is 0 Å². The molecule has 0 radical (unpaired) electrons. The Kier molecular flexibility index (Phi) is 9.45. The van der Waals surface area contributed by atoms with Crippen molar-refractivity contribution in [2.45, 2.75) is 44.7 Å². The molecule has 0 saturated carbocycles. The molecule has 2 unspecified atom stereocenters. The lowest BCUT2D eigenvalue weighted by Gasteiger charge is -2.46. The molecule has 5 nitrogen and oxygen atoms in total. The second kappa shape index (κ2) is 12.3. The Bertz CT molecular complexity index is 836. The van der Waals surface area contributed by atoms with Crippen LogP contribution in [-0.4, -0.2) is 48.0 Å². The van der Waals surface area contributed by atoms with Crippen LogP contribution in [0, 0.1) is 17.7 Å². The summed E-state index contributed by atoms with van der Waals surface area (Å²) < 4.78 is 12.9. The zero-order valence-electron chi connectivity index (χ0n) is 18.5. The Balaban J connectivity index is 0.00000289. The third-order valence-electron chi connectivity index (χ3n) is 6.58. The Morgan fingerprint density at radius 3 is 2.81 bits per heavy atom. The molecule has 1 aromatic carbocycles. The zero-order chi connectivity index (χ0) is 21.5. The molecular weight excluding hydrogens is 427 g/mol. The van der Waals surface area contributed by atoms with Gasteiger partial charge in [0.25, 0.3) is 0 Å². The maximum Gasteiger partial charge on any atom is 0.220 e. The second-order valence-electron chi connectivity index (χ2n) is 9.05. The highest BCUT2D eigenvalue weighted by Gasteiger charge is 2.36. The lowest BCUT2D eigenvalue weighted by Crippen LogP contribution is -2.55. The fourth-order valence-electron chi connectivity index (χ4n) is 5.06. The number of rotatable bonds is 9. The molecule has 1 aromatic heterocycles. The molecule has 2 aliphatic heterocycles. The predicted octanol–water partition coefficient (Wildman–Crippen LogP) is 3.58. The Morgan fingerprint density at radius 2 is 2.03 bits per heavy atom. The van der Waals surface area contributed by atoms with Crippen molar-refractivity contribution < 1.29 is 9.18 Å². The first-order chi connectivity index (χ1) is 15.2. The quantitative estimate of drug-likeness (QED) is 0.600. The second-order valence-corrected chi connectivity index (χ2v) is 9.05. The lowest BCUT2D eigenvalue weighted by atomic mass is 9.79.